The molecule has 1 heterocycles. The molecule has 3 rings (SSSR count). The zero-order valence-electron chi connectivity index (χ0n) is 21.0. The van der Waals surface area contributed by atoms with E-state index in [0.29, 0.717) is 35.3 Å². The summed E-state index contributed by atoms with van der Waals surface area (Å²) in [5.74, 6) is 3.95. The molecular formula is C26H34N4O5. The second kappa shape index (κ2) is 11.4. The predicted octanol–water partition coefficient (Wildman–Crippen LogP) is 3.97. The Morgan fingerprint density at radius 1 is 1.31 bits per heavy atom. The summed E-state index contributed by atoms with van der Waals surface area (Å²) in [4.78, 5) is 13.5. The van der Waals surface area contributed by atoms with E-state index in [2.05, 4.69) is 21.4 Å². The second-order valence-electron chi connectivity index (χ2n) is 9.44. The van der Waals surface area contributed by atoms with Crippen LogP contribution in [0, 0.1) is 12.3 Å². The van der Waals surface area contributed by atoms with Gasteiger partial charge in [0.2, 0.25) is 0 Å². The van der Waals surface area contributed by atoms with Crippen LogP contribution in [0.2, 0.25) is 0 Å². The molecule has 1 unspecified atom stereocenters. The summed E-state index contributed by atoms with van der Waals surface area (Å²) in [7, 11) is 1.56. The highest BCUT2D eigenvalue weighted by Crippen LogP contribution is 2.45. The van der Waals surface area contributed by atoms with Crippen LogP contribution in [0.3, 0.4) is 0 Å². The highest BCUT2D eigenvalue weighted by molar-refractivity contribution is 5.73. The van der Waals surface area contributed by atoms with Gasteiger partial charge >= 0.3 is 6.09 Å². The number of hydrogen-bond donors (Lipinski definition) is 2. The van der Waals surface area contributed by atoms with Crippen molar-refractivity contribution in [3.63, 3.8) is 0 Å². The van der Waals surface area contributed by atoms with Crippen molar-refractivity contribution in [1.82, 2.24) is 15.1 Å². The van der Waals surface area contributed by atoms with Gasteiger partial charge in [0.05, 0.1) is 6.54 Å². The Kier molecular flexibility index (Phi) is 8.54. The number of aliphatic hydroxyl groups excluding tert-OH is 1. The minimum Gasteiger partial charge on any atom is -0.467 e. The number of nitrogens with zero attached hydrogens (tertiary/aromatic N) is 3. The van der Waals surface area contributed by atoms with Gasteiger partial charge in [0.15, 0.2) is 12.6 Å². The number of aromatic nitrogens is 2. The molecule has 0 spiro atoms. The van der Waals surface area contributed by atoms with E-state index in [1.54, 1.807) is 33.9 Å². The third kappa shape index (κ3) is 7.57. The summed E-state index contributed by atoms with van der Waals surface area (Å²) in [5.41, 5.74) is 2.55. The Morgan fingerprint density at radius 3 is 2.69 bits per heavy atom. The van der Waals surface area contributed by atoms with E-state index in [1.807, 2.05) is 25.1 Å². The van der Waals surface area contributed by atoms with Crippen molar-refractivity contribution in [2.75, 3.05) is 32.3 Å². The van der Waals surface area contributed by atoms with Crippen LogP contribution >= 0.6 is 0 Å². The summed E-state index contributed by atoms with van der Waals surface area (Å²) in [6.07, 6.45) is 6.08. The van der Waals surface area contributed by atoms with E-state index in [0.717, 1.165) is 24.0 Å². The molecule has 1 fully saturated rings. The number of nitrogens with one attached hydrogen (secondary N) is 1. The summed E-state index contributed by atoms with van der Waals surface area (Å²) in [5, 5.41) is 22.2. The average molecular weight is 483 g/mol. The molecule has 1 aromatic heterocycles. The molecule has 2 N–H and O–H groups in total. The van der Waals surface area contributed by atoms with E-state index < -0.39 is 17.9 Å². The number of anilines is 1. The highest BCUT2D eigenvalue weighted by Gasteiger charge is 2.29. The van der Waals surface area contributed by atoms with Gasteiger partial charge in [0.25, 0.3) is 0 Å². The molecule has 1 aliphatic rings. The Hall–Kier alpha value is -3.35. The van der Waals surface area contributed by atoms with E-state index in [-0.39, 0.29) is 13.3 Å². The molecule has 0 bridgehead atoms. The smallest absolute Gasteiger partial charge is 0.410 e. The molecule has 188 valence electrons. The predicted molar refractivity (Wildman–Crippen MR) is 133 cm³/mol. The van der Waals surface area contributed by atoms with Crippen LogP contribution < -0.4 is 10.1 Å². The van der Waals surface area contributed by atoms with Crippen molar-refractivity contribution in [2.45, 2.75) is 58.3 Å². The van der Waals surface area contributed by atoms with Crippen molar-refractivity contribution in [1.29, 1.82) is 0 Å². The summed E-state index contributed by atoms with van der Waals surface area (Å²) in [6, 6.07) is 7.39. The molecule has 9 nitrogen and oxygen atoms in total. The first kappa shape index (κ1) is 26.3. The topological polar surface area (TPSA) is 106 Å². The Labute approximate surface area is 206 Å². The molecule has 1 atom stereocenters. The number of likely N-dealkylation sites (N-methyl/N-ethyl adjacent to an activating group) is 1. The van der Waals surface area contributed by atoms with Gasteiger partial charge < -0.3 is 29.5 Å². The molecule has 0 saturated heterocycles. The molecule has 1 aliphatic carbocycles. The maximum absolute atomic E-state index is 12.2. The van der Waals surface area contributed by atoms with Crippen LogP contribution in [0.25, 0.3) is 11.3 Å². The lowest BCUT2D eigenvalue weighted by Crippen LogP contribution is -2.41. The molecule has 1 saturated carbocycles. The minimum absolute atomic E-state index is 0.0140. The van der Waals surface area contributed by atoms with Crippen molar-refractivity contribution >= 4 is 11.9 Å². The van der Waals surface area contributed by atoms with Crippen LogP contribution in [0.1, 0.15) is 57.6 Å². The number of rotatable bonds is 10. The van der Waals surface area contributed by atoms with Crippen LogP contribution in [0.15, 0.2) is 24.3 Å². The number of aliphatic hydroxyl groups is 1. The minimum atomic E-state index is -1.06. The van der Waals surface area contributed by atoms with Gasteiger partial charge in [-0.05, 0) is 76.3 Å². The van der Waals surface area contributed by atoms with Gasteiger partial charge in [-0.15, -0.1) is 16.6 Å². The molecule has 9 heteroatoms. The number of carbonyl (C=O) groups is 1. The molecule has 0 aliphatic heterocycles. The first-order chi connectivity index (χ1) is 16.6. The fourth-order valence-electron chi connectivity index (χ4n) is 3.40. The molecule has 2 aromatic rings. The van der Waals surface area contributed by atoms with Crippen LogP contribution in [-0.4, -0.2) is 65.1 Å². The highest BCUT2D eigenvalue weighted by atomic mass is 16.7. The summed E-state index contributed by atoms with van der Waals surface area (Å²) >= 11 is 0. The van der Waals surface area contributed by atoms with Crippen molar-refractivity contribution in [3.05, 3.63) is 35.4 Å². The maximum atomic E-state index is 12.2. The quantitative estimate of drug-likeness (QED) is 0.298. The summed E-state index contributed by atoms with van der Waals surface area (Å²) in [6.45, 7) is 7.90. The van der Waals surface area contributed by atoms with E-state index >= 15 is 0 Å². The number of carbonyl (C=O) groups excluding carboxylic acids is 1. The fourth-order valence-corrected chi connectivity index (χ4v) is 3.40. The monoisotopic (exact) mass is 482 g/mol. The summed E-state index contributed by atoms with van der Waals surface area (Å²) < 4.78 is 16.5. The normalized spacial score (nSPS) is 14.1. The number of amides is 1. The van der Waals surface area contributed by atoms with E-state index in [4.69, 9.17) is 20.6 Å². The van der Waals surface area contributed by atoms with Gasteiger partial charge in [-0.1, -0.05) is 5.92 Å². The lowest BCUT2D eigenvalue weighted by atomic mass is 10.0. The first-order valence-electron chi connectivity index (χ1n) is 11.7. The molecule has 0 radical (unpaired) electrons. The van der Waals surface area contributed by atoms with Crippen molar-refractivity contribution < 1.29 is 24.1 Å². The molecule has 35 heavy (non-hydrogen) atoms. The number of hydrogen-bond acceptors (Lipinski definition) is 8. The standard InChI is InChI=1S/C26H34N4O5/c1-7-17-9-12-19(21(13-17)34-16-33-8-2)24-20(18-10-11-18)14-22(28-29-24)27-23(31)15-30(6)25(32)35-26(3,4)5/h1,9,12-14,18,23,31H,8,10-11,15-16H2,2-6H3,(H,27,28). The van der Waals surface area contributed by atoms with Crippen molar-refractivity contribution in [2.24, 2.45) is 0 Å². The number of terminal acetylenes is 1. The Balaban J connectivity index is 1.79. The maximum Gasteiger partial charge on any atom is 0.410 e. The molecular weight excluding hydrogens is 448 g/mol. The Bertz CT molecular complexity index is 1070. The Morgan fingerprint density at radius 2 is 2.06 bits per heavy atom. The lowest BCUT2D eigenvalue weighted by molar-refractivity contribution is 0.0223. The SMILES string of the molecule is C#Cc1ccc(-c2nnc(NC(O)CN(C)C(=O)OC(C)(C)C)cc2C2CC2)c(OCOCC)c1. The van der Waals surface area contributed by atoms with E-state index in [1.165, 1.54) is 4.90 Å². The molecule has 1 amide bonds. The van der Waals surface area contributed by atoms with Gasteiger partial charge in [0.1, 0.15) is 23.3 Å². The first-order valence-corrected chi connectivity index (χ1v) is 11.7. The second-order valence-corrected chi connectivity index (χ2v) is 9.44. The van der Waals surface area contributed by atoms with Crippen LogP contribution in [0.4, 0.5) is 10.6 Å². The third-order valence-corrected chi connectivity index (χ3v) is 5.21. The third-order valence-electron chi connectivity index (χ3n) is 5.21. The van der Waals surface area contributed by atoms with E-state index in [9.17, 15) is 9.90 Å². The number of ether oxygens (including phenoxy) is 3. The number of benzene rings is 1. The lowest BCUT2D eigenvalue weighted by Gasteiger charge is -2.26. The van der Waals surface area contributed by atoms with Gasteiger partial charge in [-0.2, -0.15) is 0 Å². The molecule has 1 aromatic carbocycles. The van der Waals surface area contributed by atoms with Gasteiger partial charge in [0, 0.05) is 24.8 Å². The van der Waals surface area contributed by atoms with Gasteiger partial charge in [-0.3, -0.25) is 0 Å². The zero-order valence-corrected chi connectivity index (χ0v) is 21.0. The largest absolute Gasteiger partial charge is 0.467 e. The van der Waals surface area contributed by atoms with Crippen LogP contribution in [0.5, 0.6) is 5.75 Å². The van der Waals surface area contributed by atoms with Crippen molar-refractivity contribution in [3.8, 4) is 29.4 Å². The van der Waals surface area contributed by atoms with Crippen LogP contribution in [-0.2, 0) is 9.47 Å². The zero-order chi connectivity index (χ0) is 25.6. The fraction of sp³-hybridized carbons (Fsp3) is 0.500. The van der Waals surface area contributed by atoms with Gasteiger partial charge in [-0.25, -0.2) is 4.79 Å². The average Bonchev–Trinajstić information content (AvgIpc) is 3.63.